The number of aromatic nitrogens is 2. The molecule has 2 aromatic rings. The van der Waals surface area contributed by atoms with Gasteiger partial charge < -0.3 is 9.47 Å². The van der Waals surface area contributed by atoms with Gasteiger partial charge in [0.1, 0.15) is 5.82 Å². The van der Waals surface area contributed by atoms with Gasteiger partial charge in [0.15, 0.2) is 0 Å². The van der Waals surface area contributed by atoms with Crippen molar-refractivity contribution < 1.29 is 4.79 Å². The van der Waals surface area contributed by atoms with Gasteiger partial charge in [0.25, 0.3) is 5.91 Å². The smallest absolute Gasteiger partial charge is 0.254 e. The van der Waals surface area contributed by atoms with E-state index in [0.29, 0.717) is 24.2 Å². The van der Waals surface area contributed by atoms with Crippen LogP contribution in [0.3, 0.4) is 0 Å². The highest BCUT2D eigenvalue weighted by Gasteiger charge is 2.32. The van der Waals surface area contributed by atoms with Crippen LogP contribution >= 0.6 is 0 Å². The highest BCUT2D eigenvalue weighted by atomic mass is 16.2. The van der Waals surface area contributed by atoms with E-state index in [-0.39, 0.29) is 11.9 Å². The van der Waals surface area contributed by atoms with Crippen LogP contribution in [0.25, 0.3) is 0 Å². The second kappa shape index (κ2) is 6.85. The quantitative estimate of drug-likeness (QED) is 0.864. The normalized spacial score (nSPS) is 18.4. The zero-order valence-corrected chi connectivity index (χ0v) is 14.0. The van der Waals surface area contributed by atoms with Crippen molar-refractivity contribution >= 4 is 5.91 Å². The van der Waals surface area contributed by atoms with Crippen molar-refractivity contribution in [3.8, 4) is 6.07 Å². The summed E-state index contributed by atoms with van der Waals surface area (Å²) >= 11 is 0. The minimum absolute atomic E-state index is 0.0259. The minimum Gasteiger partial charge on any atom is -0.337 e. The number of nitriles is 1. The van der Waals surface area contributed by atoms with Crippen LogP contribution in [-0.2, 0) is 7.05 Å². The van der Waals surface area contributed by atoms with Gasteiger partial charge in [0.05, 0.1) is 17.7 Å². The van der Waals surface area contributed by atoms with Crippen LogP contribution in [-0.4, -0.2) is 51.4 Å². The Kier molecular flexibility index (Phi) is 4.63. The van der Waals surface area contributed by atoms with Crippen molar-refractivity contribution in [3.63, 3.8) is 0 Å². The van der Waals surface area contributed by atoms with E-state index in [4.69, 9.17) is 5.26 Å². The van der Waals surface area contributed by atoms with Crippen molar-refractivity contribution in [1.29, 1.82) is 5.26 Å². The molecule has 1 aliphatic rings. The van der Waals surface area contributed by atoms with Crippen LogP contribution in [0.1, 0.15) is 34.7 Å². The molecule has 6 nitrogen and oxygen atoms in total. The molecule has 6 heteroatoms. The minimum atomic E-state index is -0.0259. The first kappa shape index (κ1) is 16.2. The number of nitrogens with zero attached hydrogens (tertiary/aromatic N) is 5. The Morgan fingerprint density at radius 3 is 2.92 bits per heavy atom. The molecular formula is C18H21N5O. The van der Waals surface area contributed by atoms with Crippen molar-refractivity contribution in [1.82, 2.24) is 19.4 Å². The molecule has 1 saturated heterocycles. The summed E-state index contributed by atoms with van der Waals surface area (Å²) in [6, 6.07) is 9.07. The second-order valence-electron chi connectivity index (χ2n) is 5.98. The molecule has 1 unspecified atom stereocenters. The lowest BCUT2D eigenvalue weighted by molar-refractivity contribution is 0.0473. The SMILES string of the molecule is CCN1CCN(C(=O)c2cccc(C#N)c2)CC1c1nccn1C. The van der Waals surface area contributed by atoms with Gasteiger partial charge in [-0.1, -0.05) is 13.0 Å². The first-order valence-electron chi connectivity index (χ1n) is 8.14. The van der Waals surface area contributed by atoms with E-state index < -0.39 is 0 Å². The van der Waals surface area contributed by atoms with Crippen molar-refractivity contribution in [3.05, 3.63) is 53.6 Å². The molecule has 0 bridgehead atoms. The molecule has 1 aromatic heterocycles. The highest BCUT2D eigenvalue weighted by Crippen LogP contribution is 2.24. The Hall–Kier alpha value is -2.65. The average molecular weight is 323 g/mol. The fourth-order valence-corrected chi connectivity index (χ4v) is 3.23. The summed E-state index contributed by atoms with van der Waals surface area (Å²) in [6.07, 6.45) is 3.72. The number of imidazole rings is 1. The van der Waals surface area contributed by atoms with Crippen molar-refractivity contribution in [2.75, 3.05) is 26.2 Å². The molecule has 1 fully saturated rings. The summed E-state index contributed by atoms with van der Waals surface area (Å²) < 4.78 is 2.01. The molecule has 1 amide bonds. The van der Waals surface area contributed by atoms with Gasteiger partial charge >= 0.3 is 0 Å². The molecule has 0 radical (unpaired) electrons. The molecule has 124 valence electrons. The number of rotatable bonds is 3. The number of benzene rings is 1. The Balaban J connectivity index is 1.83. The average Bonchev–Trinajstić information content (AvgIpc) is 3.06. The number of likely N-dealkylation sites (N-methyl/N-ethyl adjacent to an activating group) is 1. The lowest BCUT2D eigenvalue weighted by atomic mass is 10.1. The maximum Gasteiger partial charge on any atom is 0.254 e. The maximum atomic E-state index is 12.8. The molecular weight excluding hydrogens is 302 g/mol. The number of carbonyl (C=O) groups is 1. The number of hydrogen-bond acceptors (Lipinski definition) is 4. The topological polar surface area (TPSA) is 65.2 Å². The van der Waals surface area contributed by atoms with E-state index in [1.807, 2.05) is 22.7 Å². The number of hydrogen-bond donors (Lipinski definition) is 0. The molecule has 1 aliphatic heterocycles. The lowest BCUT2D eigenvalue weighted by Crippen LogP contribution is -2.50. The largest absolute Gasteiger partial charge is 0.337 e. The predicted octanol–water partition coefficient (Wildman–Crippen LogP) is 1.81. The fraction of sp³-hybridized carbons (Fsp3) is 0.389. The molecule has 0 saturated carbocycles. The summed E-state index contributed by atoms with van der Waals surface area (Å²) in [5, 5.41) is 9.03. The van der Waals surface area contributed by atoms with Crippen molar-refractivity contribution in [2.45, 2.75) is 13.0 Å². The summed E-state index contributed by atoms with van der Waals surface area (Å²) in [6.45, 7) is 5.16. The van der Waals surface area contributed by atoms with Crippen LogP contribution in [0, 0.1) is 11.3 Å². The molecule has 24 heavy (non-hydrogen) atoms. The van der Waals surface area contributed by atoms with Crippen LogP contribution < -0.4 is 0 Å². The molecule has 0 aliphatic carbocycles. The van der Waals surface area contributed by atoms with Gasteiger partial charge in [-0.3, -0.25) is 9.69 Å². The lowest BCUT2D eigenvalue weighted by Gasteiger charge is -2.40. The first-order valence-corrected chi connectivity index (χ1v) is 8.14. The number of piperazine rings is 1. The predicted molar refractivity (Wildman–Crippen MR) is 90.3 cm³/mol. The molecule has 0 N–H and O–H groups in total. The zero-order chi connectivity index (χ0) is 17.1. The van der Waals surface area contributed by atoms with E-state index in [1.165, 1.54) is 0 Å². The third-order valence-corrected chi connectivity index (χ3v) is 4.58. The summed E-state index contributed by atoms with van der Waals surface area (Å²) in [5.74, 6) is 0.946. The van der Waals surface area contributed by atoms with Crippen molar-refractivity contribution in [2.24, 2.45) is 7.05 Å². The number of amides is 1. The van der Waals surface area contributed by atoms with Gasteiger partial charge in [-0.2, -0.15) is 5.26 Å². The van der Waals surface area contributed by atoms with Crippen LogP contribution in [0.2, 0.25) is 0 Å². The number of aryl methyl sites for hydroxylation is 1. The standard InChI is InChI=1S/C18H21N5O/c1-3-22-9-10-23(13-16(22)17-20-7-8-21(17)2)18(24)15-6-4-5-14(11-15)12-19/h4-8,11,16H,3,9-10,13H2,1-2H3. The highest BCUT2D eigenvalue weighted by molar-refractivity contribution is 5.94. The summed E-state index contributed by atoms with van der Waals surface area (Å²) in [5.41, 5.74) is 1.08. The van der Waals surface area contributed by atoms with Gasteiger partial charge in [0.2, 0.25) is 0 Å². The zero-order valence-electron chi connectivity index (χ0n) is 14.0. The Bertz CT molecular complexity index is 776. The van der Waals surface area contributed by atoms with Gasteiger partial charge in [-0.25, -0.2) is 4.98 Å². The van der Waals surface area contributed by atoms with Crippen LogP contribution in [0.4, 0.5) is 0 Å². The van der Waals surface area contributed by atoms with E-state index in [2.05, 4.69) is 22.9 Å². The Morgan fingerprint density at radius 2 is 2.25 bits per heavy atom. The monoisotopic (exact) mass is 323 g/mol. The third kappa shape index (κ3) is 3.03. The Morgan fingerprint density at radius 1 is 1.42 bits per heavy atom. The van der Waals surface area contributed by atoms with Gasteiger partial charge in [0, 0.05) is 44.6 Å². The molecule has 0 spiro atoms. The van der Waals surface area contributed by atoms with Gasteiger partial charge in [-0.05, 0) is 24.7 Å². The van der Waals surface area contributed by atoms with E-state index in [1.54, 1.807) is 30.5 Å². The Labute approximate surface area is 141 Å². The van der Waals surface area contributed by atoms with Crippen LogP contribution in [0.5, 0.6) is 0 Å². The summed E-state index contributed by atoms with van der Waals surface area (Å²) in [7, 11) is 1.98. The van der Waals surface area contributed by atoms with E-state index in [9.17, 15) is 4.79 Å². The third-order valence-electron chi connectivity index (χ3n) is 4.58. The molecule has 3 rings (SSSR count). The molecule has 1 aromatic carbocycles. The second-order valence-corrected chi connectivity index (χ2v) is 5.98. The fourth-order valence-electron chi connectivity index (χ4n) is 3.23. The maximum absolute atomic E-state index is 12.8. The molecule has 1 atom stereocenters. The first-order chi connectivity index (χ1) is 11.6. The van der Waals surface area contributed by atoms with E-state index in [0.717, 1.165) is 18.9 Å². The van der Waals surface area contributed by atoms with Gasteiger partial charge in [-0.15, -0.1) is 0 Å². The van der Waals surface area contributed by atoms with E-state index >= 15 is 0 Å². The van der Waals surface area contributed by atoms with Crippen LogP contribution in [0.15, 0.2) is 36.7 Å². The number of carbonyl (C=O) groups excluding carboxylic acids is 1. The molecule has 2 heterocycles. The summed E-state index contributed by atoms with van der Waals surface area (Å²) in [4.78, 5) is 21.5.